The highest BCUT2D eigenvalue weighted by atomic mass is 16.5. The third-order valence-corrected chi connectivity index (χ3v) is 1.74. The molecular formula is C12H20O4. The van der Waals surface area contributed by atoms with Crippen molar-refractivity contribution in [1.29, 1.82) is 0 Å². The van der Waals surface area contributed by atoms with Crippen LogP contribution >= 0.6 is 0 Å². The summed E-state index contributed by atoms with van der Waals surface area (Å²) >= 11 is 0. The van der Waals surface area contributed by atoms with Gasteiger partial charge in [-0.3, -0.25) is 4.79 Å². The van der Waals surface area contributed by atoms with Crippen LogP contribution in [0.25, 0.3) is 0 Å². The molecule has 0 unspecified atom stereocenters. The predicted octanol–water partition coefficient (Wildman–Crippen LogP) is 2.09. The molecule has 0 aromatic heterocycles. The molecular weight excluding hydrogens is 208 g/mol. The van der Waals surface area contributed by atoms with Gasteiger partial charge in [0, 0.05) is 5.41 Å². The summed E-state index contributed by atoms with van der Waals surface area (Å²) in [4.78, 5) is 23.1. The zero-order chi connectivity index (χ0) is 12.8. The second-order valence-electron chi connectivity index (χ2n) is 4.27. The molecule has 0 saturated heterocycles. The number of allylic oxidation sites excluding steroid dienone is 1. The van der Waals surface area contributed by atoms with Crippen molar-refractivity contribution in [2.45, 2.75) is 34.6 Å². The molecule has 0 radical (unpaired) electrons. The van der Waals surface area contributed by atoms with Gasteiger partial charge in [0.2, 0.25) is 5.78 Å². The van der Waals surface area contributed by atoms with E-state index >= 15 is 0 Å². The normalized spacial score (nSPS) is 12.2. The average molecular weight is 228 g/mol. The highest BCUT2D eigenvalue weighted by molar-refractivity contribution is 6.01. The smallest absolute Gasteiger partial charge is 0.334 e. The van der Waals surface area contributed by atoms with Crippen LogP contribution in [0, 0.1) is 5.41 Å². The third-order valence-electron chi connectivity index (χ3n) is 1.74. The Hall–Kier alpha value is -1.32. The Balaban J connectivity index is 4.86. The van der Waals surface area contributed by atoms with Gasteiger partial charge in [-0.1, -0.05) is 20.8 Å². The minimum Gasteiger partial charge on any atom is -0.490 e. The number of ether oxygens (including phenoxy) is 2. The van der Waals surface area contributed by atoms with Crippen LogP contribution in [0.5, 0.6) is 0 Å². The van der Waals surface area contributed by atoms with E-state index in [0.717, 1.165) is 6.08 Å². The first-order valence-corrected chi connectivity index (χ1v) is 5.39. The molecule has 0 N–H and O–H groups in total. The first kappa shape index (κ1) is 14.7. The molecule has 0 aromatic carbocycles. The van der Waals surface area contributed by atoms with Crippen molar-refractivity contribution in [3.05, 3.63) is 11.8 Å². The molecule has 0 aromatic rings. The predicted molar refractivity (Wildman–Crippen MR) is 60.8 cm³/mol. The maximum absolute atomic E-state index is 11.9. The Morgan fingerprint density at radius 2 is 1.56 bits per heavy atom. The molecule has 0 rings (SSSR count). The lowest BCUT2D eigenvalue weighted by molar-refractivity contribution is -0.138. The number of ketones is 1. The van der Waals surface area contributed by atoms with Gasteiger partial charge in [-0.2, -0.15) is 0 Å². The highest BCUT2D eigenvalue weighted by Gasteiger charge is 2.27. The first-order chi connectivity index (χ1) is 7.32. The van der Waals surface area contributed by atoms with Gasteiger partial charge < -0.3 is 9.47 Å². The van der Waals surface area contributed by atoms with Crippen LogP contribution in [-0.2, 0) is 19.1 Å². The van der Waals surface area contributed by atoms with Gasteiger partial charge in [0.15, 0.2) is 5.76 Å². The van der Waals surface area contributed by atoms with Crippen molar-refractivity contribution >= 4 is 11.8 Å². The van der Waals surface area contributed by atoms with Crippen LogP contribution in [0.3, 0.4) is 0 Å². The van der Waals surface area contributed by atoms with Crippen molar-refractivity contribution in [2.75, 3.05) is 13.2 Å². The molecule has 0 spiro atoms. The van der Waals surface area contributed by atoms with E-state index in [-0.39, 0.29) is 18.1 Å². The Morgan fingerprint density at radius 1 is 1.06 bits per heavy atom. The average Bonchev–Trinajstić information content (AvgIpc) is 2.15. The third kappa shape index (κ3) is 4.96. The van der Waals surface area contributed by atoms with E-state index < -0.39 is 11.4 Å². The summed E-state index contributed by atoms with van der Waals surface area (Å²) in [6.07, 6.45) is 1.11. The summed E-state index contributed by atoms with van der Waals surface area (Å²) in [6.45, 7) is 9.39. The lowest BCUT2D eigenvalue weighted by Crippen LogP contribution is -2.24. The van der Waals surface area contributed by atoms with Crippen LogP contribution in [0.4, 0.5) is 0 Å². The van der Waals surface area contributed by atoms with Crippen LogP contribution < -0.4 is 0 Å². The highest BCUT2D eigenvalue weighted by Crippen LogP contribution is 2.20. The zero-order valence-electron chi connectivity index (χ0n) is 10.6. The van der Waals surface area contributed by atoms with Crippen molar-refractivity contribution in [1.82, 2.24) is 0 Å². The molecule has 0 atom stereocenters. The molecule has 0 bridgehead atoms. The van der Waals surface area contributed by atoms with Crippen LogP contribution in [-0.4, -0.2) is 25.0 Å². The van der Waals surface area contributed by atoms with Gasteiger partial charge in [-0.25, -0.2) is 4.79 Å². The zero-order valence-corrected chi connectivity index (χ0v) is 10.6. The lowest BCUT2D eigenvalue weighted by Gasteiger charge is -2.18. The summed E-state index contributed by atoms with van der Waals surface area (Å²) < 4.78 is 9.89. The molecule has 16 heavy (non-hydrogen) atoms. The van der Waals surface area contributed by atoms with Gasteiger partial charge in [0.05, 0.1) is 19.3 Å². The quantitative estimate of drug-likeness (QED) is 0.411. The Morgan fingerprint density at radius 3 is 1.94 bits per heavy atom. The Kier molecular flexibility index (Phi) is 5.78. The maximum Gasteiger partial charge on any atom is 0.334 e. The summed E-state index contributed by atoms with van der Waals surface area (Å²) in [5, 5.41) is 0. The number of hydrogen-bond acceptors (Lipinski definition) is 4. The number of esters is 1. The van der Waals surface area contributed by atoms with E-state index in [0.29, 0.717) is 6.61 Å². The monoisotopic (exact) mass is 228 g/mol. The molecule has 0 aliphatic carbocycles. The van der Waals surface area contributed by atoms with E-state index in [1.165, 1.54) is 0 Å². The molecule has 0 saturated carbocycles. The molecule has 0 heterocycles. The minimum atomic E-state index is -0.576. The number of hydrogen-bond donors (Lipinski definition) is 0. The molecule has 92 valence electrons. The van der Waals surface area contributed by atoms with Gasteiger partial charge in [-0.15, -0.1) is 0 Å². The van der Waals surface area contributed by atoms with Crippen molar-refractivity contribution in [2.24, 2.45) is 5.41 Å². The number of carbonyl (C=O) groups is 2. The fraction of sp³-hybridized carbons (Fsp3) is 0.667. The van der Waals surface area contributed by atoms with Crippen molar-refractivity contribution in [3.63, 3.8) is 0 Å². The fourth-order valence-corrected chi connectivity index (χ4v) is 0.989. The SMILES string of the molecule is CCOC(=O)/C=C(/OCC)C(=O)C(C)(C)C. The van der Waals surface area contributed by atoms with E-state index in [4.69, 9.17) is 9.47 Å². The van der Waals surface area contributed by atoms with Gasteiger partial charge in [0.1, 0.15) is 0 Å². The second kappa shape index (κ2) is 6.30. The molecule has 0 aliphatic heterocycles. The topological polar surface area (TPSA) is 52.6 Å². The van der Waals surface area contributed by atoms with E-state index in [2.05, 4.69) is 0 Å². The summed E-state index contributed by atoms with van der Waals surface area (Å²) in [6, 6.07) is 0. The van der Waals surface area contributed by atoms with Crippen LogP contribution in [0.2, 0.25) is 0 Å². The summed E-state index contributed by atoms with van der Waals surface area (Å²) in [5.41, 5.74) is -0.576. The summed E-state index contributed by atoms with van der Waals surface area (Å²) in [7, 11) is 0. The van der Waals surface area contributed by atoms with Crippen LogP contribution in [0.1, 0.15) is 34.6 Å². The Bertz CT molecular complexity index is 284. The van der Waals surface area contributed by atoms with Gasteiger partial charge >= 0.3 is 5.97 Å². The summed E-state index contributed by atoms with van der Waals surface area (Å²) in [5.74, 6) is -0.695. The minimum absolute atomic E-state index is 0.0634. The van der Waals surface area contributed by atoms with E-state index in [9.17, 15) is 9.59 Å². The second-order valence-corrected chi connectivity index (χ2v) is 4.27. The van der Waals surface area contributed by atoms with Crippen LogP contribution in [0.15, 0.2) is 11.8 Å². The van der Waals surface area contributed by atoms with Gasteiger partial charge in [0.25, 0.3) is 0 Å². The largest absolute Gasteiger partial charge is 0.490 e. The fourth-order valence-electron chi connectivity index (χ4n) is 0.989. The maximum atomic E-state index is 11.9. The van der Waals surface area contributed by atoms with E-state index in [1.807, 2.05) is 0 Å². The van der Waals surface area contributed by atoms with Crippen molar-refractivity contribution < 1.29 is 19.1 Å². The standard InChI is InChI=1S/C12H20O4/c1-6-15-9(8-10(13)16-7-2)11(14)12(3,4)5/h8H,6-7H2,1-5H3/b9-8+. The number of carbonyl (C=O) groups excluding carboxylic acids is 2. The first-order valence-electron chi connectivity index (χ1n) is 5.39. The number of Topliss-reactive ketones (excluding diaryl/α,β-unsaturated/α-hetero) is 1. The molecule has 4 nitrogen and oxygen atoms in total. The van der Waals surface area contributed by atoms with E-state index in [1.54, 1.807) is 34.6 Å². The number of rotatable bonds is 5. The Labute approximate surface area is 96.6 Å². The molecule has 4 heteroatoms. The lowest BCUT2D eigenvalue weighted by atomic mass is 9.89. The molecule has 0 fully saturated rings. The van der Waals surface area contributed by atoms with Gasteiger partial charge in [-0.05, 0) is 13.8 Å². The molecule has 0 aliphatic rings. The van der Waals surface area contributed by atoms with Crippen molar-refractivity contribution in [3.8, 4) is 0 Å². The molecule has 0 amide bonds.